The molecule has 178 valence electrons. The summed E-state index contributed by atoms with van der Waals surface area (Å²) >= 11 is 0. The van der Waals surface area contributed by atoms with Gasteiger partial charge in [-0.25, -0.2) is 4.79 Å². The van der Waals surface area contributed by atoms with Crippen molar-refractivity contribution >= 4 is 29.5 Å². The molecule has 0 aliphatic carbocycles. The molecule has 10 heteroatoms. The lowest BCUT2D eigenvalue weighted by atomic mass is 9.97. The second kappa shape index (κ2) is 8.66. The first kappa shape index (κ1) is 23.0. The second-order valence-corrected chi connectivity index (χ2v) is 9.79. The van der Waals surface area contributed by atoms with E-state index in [1.54, 1.807) is 23.1 Å². The maximum Gasteiger partial charge on any atom is 0.410 e. The van der Waals surface area contributed by atoms with Gasteiger partial charge in [-0.3, -0.25) is 24.6 Å². The Morgan fingerprint density at radius 1 is 1.24 bits per heavy atom. The van der Waals surface area contributed by atoms with E-state index in [0.717, 1.165) is 11.3 Å². The summed E-state index contributed by atoms with van der Waals surface area (Å²) in [5, 5.41) is 16.3. The minimum atomic E-state index is -1.24. The van der Waals surface area contributed by atoms with Gasteiger partial charge in [0.15, 0.2) is 6.23 Å². The summed E-state index contributed by atoms with van der Waals surface area (Å²) in [6.45, 7) is 7.36. The Morgan fingerprint density at radius 2 is 1.97 bits per heavy atom. The first-order valence-corrected chi connectivity index (χ1v) is 11.2. The molecular weight excluding hydrogens is 428 g/mol. The molecule has 2 unspecified atom stereocenters. The van der Waals surface area contributed by atoms with Crippen LogP contribution in [-0.2, 0) is 14.3 Å². The van der Waals surface area contributed by atoms with Gasteiger partial charge in [0.05, 0.1) is 5.56 Å². The fourth-order valence-corrected chi connectivity index (χ4v) is 4.46. The van der Waals surface area contributed by atoms with Gasteiger partial charge in [-0.1, -0.05) is 12.1 Å². The monoisotopic (exact) mass is 458 g/mol. The predicted molar refractivity (Wildman–Crippen MR) is 118 cm³/mol. The number of rotatable bonds is 5. The van der Waals surface area contributed by atoms with Crippen molar-refractivity contribution < 1.29 is 29.0 Å². The molecule has 33 heavy (non-hydrogen) atoms. The highest BCUT2D eigenvalue weighted by atomic mass is 16.6. The Kier molecular flexibility index (Phi) is 6.04. The van der Waals surface area contributed by atoms with E-state index in [0.29, 0.717) is 42.4 Å². The van der Waals surface area contributed by atoms with Crippen LogP contribution in [0.5, 0.6) is 0 Å². The summed E-state index contributed by atoms with van der Waals surface area (Å²) < 4.78 is 5.37. The average Bonchev–Trinajstić information content (AvgIpc) is 2.94. The van der Waals surface area contributed by atoms with E-state index in [1.165, 1.54) is 0 Å². The van der Waals surface area contributed by atoms with E-state index in [-0.39, 0.29) is 24.8 Å². The van der Waals surface area contributed by atoms with Crippen LogP contribution in [-0.4, -0.2) is 70.0 Å². The van der Waals surface area contributed by atoms with Gasteiger partial charge in [0.25, 0.3) is 5.91 Å². The summed E-state index contributed by atoms with van der Waals surface area (Å²) in [6, 6.07) is 4.29. The van der Waals surface area contributed by atoms with Gasteiger partial charge in [0.2, 0.25) is 11.8 Å². The SMILES string of the molecule is CC(C)(C)OC(=O)N1CC(CCNc2cccc3c2C(=O)N(C2CCC(=O)NC2=O)C3O)C1. The number of aliphatic hydroxyl groups excluding tert-OH is 1. The molecule has 3 aliphatic rings. The molecule has 0 aromatic heterocycles. The molecule has 0 spiro atoms. The average molecular weight is 459 g/mol. The third-order valence-corrected chi connectivity index (χ3v) is 6.11. The minimum absolute atomic E-state index is 0.121. The van der Waals surface area contributed by atoms with E-state index in [2.05, 4.69) is 10.6 Å². The van der Waals surface area contributed by atoms with Crippen molar-refractivity contribution in [3.63, 3.8) is 0 Å². The largest absolute Gasteiger partial charge is 0.444 e. The van der Waals surface area contributed by atoms with Gasteiger partial charge in [-0.2, -0.15) is 0 Å². The summed E-state index contributed by atoms with van der Waals surface area (Å²) in [6.07, 6.45) is -0.444. The molecule has 3 N–H and O–H groups in total. The molecule has 1 aromatic carbocycles. The van der Waals surface area contributed by atoms with E-state index in [9.17, 15) is 24.3 Å². The van der Waals surface area contributed by atoms with Gasteiger partial charge in [-0.15, -0.1) is 0 Å². The topological polar surface area (TPSA) is 128 Å². The molecule has 0 radical (unpaired) electrons. The fraction of sp³-hybridized carbons (Fsp3) is 0.565. The Bertz CT molecular complexity index is 982. The van der Waals surface area contributed by atoms with Crippen LogP contribution in [0.1, 0.15) is 62.2 Å². The Labute approximate surface area is 192 Å². The Balaban J connectivity index is 1.34. The smallest absolute Gasteiger partial charge is 0.410 e. The number of amides is 4. The second-order valence-electron chi connectivity index (χ2n) is 9.79. The maximum atomic E-state index is 13.2. The number of hydrogen-bond donors (Lipinski definition) is 3. The number of nitrogens with zero attached hydrogens (tertiary/aromatic N) is 2. The number of nitrogens with one attached hydrogen (secondary N) is 2. The van der Waals surface area contributed by atoms with Crippen LogP contribution in [0.4, 0.5) is 10.5 Å². The van der Waals surface area contributed by atoms with Crippen LogP contribution in [0.3, 0.4) is 0 Å². The number of carbonyl (C=O) groups excluding carboxylic acids is 4. The molecule has 3 heterocycles. The molecule has 2 saturated heterocycles. The normalized spacial score (nSPS) is 23.2. The number of ether oxygens (including phenoxy) is 1. The van der Waals surface area contributed by atoms with Gasteiger partial charge in [-0.05, 0) is 45.6 Å². The van der Waals surface area contributed by atoms with Crippen LogP contribution in [0.25, 0.3) is 0 Å². The van der Waals surface area contributed by atoms with Crippen molar-refractivity contribution in [1.82, 2.24) is 15.1 Å². The zero-order valence-electron chi connectivity index (χ0n) is 19.1. The van der Waals surface area contributed by atoms with Crippen molar-refractivity contribution in [2.75, 3.05) is 25.0 Å². The van der Waals surface area contributed by atoms with Crippen molar-refractivity contribution in [3.8, 4) is 0 Å². The lowest BCUT2D eigenvalue weighted by Crippen LogP contribution is -2.53. The van der Waals surface area contributed by atoms with Crippen molar-refractivity contribution in [2.24, 2.45) is 5.92 Å². The van der Waals surface area contributed by atoms with Crippen molar-refractivity contribution in [3.05, 3.63) is 29.3 Å². The highest BCUT2D eigenvalue weighted by molar-refractivity contribution is 6.08. The van der Waals surface area contributed by atoms with Gasteiger partial charge in [0, 0.05) is 37.3 Å². The number of piperidine rings is 1. The minimum Gasteiger partial charge on any atom is -0.444 e. The van der Waals surface area contributed by atoms with Crippen LogP contribution >= 0.6 is 0 Å². The Hall–Kier alpha value is -3.14. The number of anilines is 1. The highest BCUT2D eigenvalue weighted by Crippen LogP contribution is 2.38. The highest BCUT2D eigenvalue weighted by Gasteiger charge is 2.45. The van der Waals surface area contributed by atoms with E-state index in [4.69, 9.17) is 4.74 Å². The molecule has 2 atom stereocenters. The summed E-state index contributed by atoms with van der Waals surface area (Å²) in [5.41, 5.74) is 0.860. The molecule has 10 nitrogen and oxygen atoms in total. The zero-order chi connectivity index (χ0) is 23.9. The molecule has 0 bridgehead atoms. The molecular formula is C23H30N4O6. The first-order valence-electron chi connectivity index (χ1n) is 11.2. The molecule has 1 aromatic rings. The standard InChI is InChI=1S/C23H30N4O6/c1-23(2,3)33-22(32)26-11-13(12-26)9-10-24-15-6-4-5-14-18(15)21(31)27(20(14)30)16-7-8-17(28)25-19(16)29/h4-6,13,16,20,24,30H,7-12H2,1-3H3,(H,25,28,29). The summed E-state index contributed by atoms with van der Waals surface area (Å²) in [4.78, 5) is 51.8. The van der Waals surface area contributed by atoms with Crippen molar-refractivity contribution in [2.45, 2.75) is 57.9 Å². The maximum absolute atomic E-state index is 13.2. The van der Waals surface area contributed by atoms with Crippen LogP contribution < -0.4 is 10.6 Å². The van der Waals surface area contributed by atoms with Crippen LogP contribution in [0.15, 0.2) is 18.2 Å². The number of carbonyl (C=O) groups is 4. The number of aliphatic hydroxyl groups is 1. The number of benzene rings is 1. The fourth-order valence-electron chi connectivity index (χ4n) is 4.46. The third-order valence-electron chi connectivity index (χ3n) is 6.11. The molecule has 3 aliphatic heterocycles. The van der Waals surface area contributed by atoms with E-state index >= 15 is 0 Å². The van der Waals surface area contributed by atoms with Crippen molar-refractivity contribution in [1.29, 1.82) is 0 Å². The number of likely N-dealkylation sites (tertiary alicyclic amines) is 1. The van der Waals surface area contributed by atoms with Crippen LogP contribution in [0, 0.1) is 5.92 Å². The number of imide groups is 1. The van der Waals surface area contributed by atoms with Gasteiger partial charge in [0.1, 0.15) is 11.6 Å². The van der Waals surface area contributed by atoms with E-state index < -0.39 is 29.7 Å². The zero-order valence-corrected chi connectivity index (χ0v) is 19.1. The molecule has 4 amide bonds. The Morgan fingerprint density at radius 3 is 2.64 bits per heavy atom. The van der Waals surface area contributed by atoms with Crippen LogP contribution in [0.2, 0.25) is 0 Å². The van der Waals surface area contributed by atoms with E-state index in [1.807, 2.05) is 20.8 Å². The lowest BCUT2D eigenvalue weighted by molar-refractivity contribution is -0.139. The lowest BCUT2D eigenvalue weighted by Gasteiger charge is -2.40. The molecule has 4 rings (SSSR count). The summed E-state index contributed by atoms with van der Waals surface area (Å²) in [5.74, 6) is -1.04. The molecule has 2 fully saturated rings. The first-order chi connectivity index (χ1) is 15.5. The predicted octanol–water partition coefficient (Wildman–Crippen LogP) is 1.61. The molecule has 0 saturated carbocycles. The quantitative estimate of drug-likeness (QED) is 0.572. The van der Waals surface area contributed by atoms with Gasteiger partial charge >= 0.3 is 6.09 Å². The van der Waals surface area contributed by atoms with Gasteiger partial charge < -0.3 is 20.1 Å². The number of fused-ring (bicyclic) bond motifs is 1. The number of hydrogen-bond acceptors (Lipinski definition) is 7. The summed E-state index contributed by atoms with van der Waals surface area (Å²) in [7, 11) is 0. The third kappa shape index (κ3) is 4.66.